The van der Waals surface area contributed by atoms with Gasteiger partial charge >= 0.3 is 0 Å². The number of halogens is 1. The number of hydrogen-bond donors (Lipinski definition) is 0. The van der Waals surface area contributed by atoms with E-state index in [0.29, 0.717) is 11.7 Å². The van der Waals surface area contributed by atoms with E-state index in [9.17, 15) is 0 Å². The minimum Gasteiger partial charge on any atom is -0.221 e. The van der Waals surface area contributed by atoms with Gasteiger partial charge in [0.05, 0.1) is 11.6 Å². The van der Waals surface area contributed by atoms with Gasteiger partial charge in [-0.2, -0.15) is 5.10 Å². The second-order valence-corrected chi connectivity index (χ2v) is 2.84. The first-order valence-electron chi connectivity index (χ1n) is 3.92. The van der Waals surface area contributed by atoms with Crippen molar-refractivity contribution in [1.29, 1.82) is 0 Å². The van der Waals surface area contributed by atoms with Gasteiger partial charge in [-0.25, -0.2) is 9.67 Å². The Bertz CT molecular complexity index is 383. The molecular formula is C9H8ClN3. The summed E-state index contributed by atoms with van der Waals surface area (Å²) >= 11 is 5.59. The normalized spacial score (nSPS) is 10.2. The highest BCUT2D eigenvalue weighted by Crippen LogP contribution is 2.05. The average Bonchev–Trinajstić information content (AvgIpc) is 2.67. The van der Waals surface area contributed by atoms with Crippen molar-refractivity contribution < 1.29 is 0 Å². The van der Waals surface area contributed by atoms with Crippen LogP contribution in [0.4, 0.5) is 0 Å². The van der Waals surface area contributed by atoms with Crippen LogP contribution in [0.1, 0.15) is 5.82 Å². The summed E-state index contributed by atoms with van der Waals surface area (Å²) in [5.74, 6) is 0.991. The van der Waals surface area contributed by atoms with Crippen molar-refractivity contribution in [3.8, 4) is 5.69 Å². The van der Waals surface area contributed by atoms with Crippen LogP contribution in [0.15, 0.2) is 36.7 Å². The van der Waals surface area contributed by atoms with E-state index in [1.807, 2.05) is 30.3 Å². The van der Waals surface area contributed by atoms with Crippen molar-refractivity contribution in [2.75, 3.05) is 0 Å². The molecule has 0 atom stereocenters. The van der Waals surface area contributed by atoms with E-state index in [4.69, 9.17) is 11.6 Å². The van der Waals surface area contributed by atoms with E-state index in [1.54, 1.807) is 11.0 Å². The molecule has 0 fully saturated rings. The first-order valence-corrected chi connectivity index (χ1v) is 4.45. The molecule has 0 N–H and O–H groups in total. The Morgan fingerprint density at radius 2 is 2.00 bits per heavy atom. The van der Waals surface area contributed by atoms with E-state index in [-0.39, 0.29) is 0 Å². The van der Waals surface area contributed by atoms with Gasteiger partial charge in [-0.05, 0) is 12.1 Å². The third-order valence-corrected chi connectivity index (χ3v) is 1.92. The second-order valence-electron chi connectivity index (χ2n) is 2.57. The van der Waals surface area contributed by atoms with Gasteiger partial charge in [0, 0.05) is 0 Å². The minimum atomic E-state index is 0.347. The molecule has 0 saturated carbocycles. The van der Waals surface area contributed by atoms with Gasteiger partial charge in [0.25, 0.3) is 0 Å². The molecule has 66 valence electrons. The van der Waals surface area contributed by atoms with Crippen molar-refractivity contribution in [2.45, 2.75) is 5.88 Å². The summed E-state index contributed by atoms with van der Waals surface area (Å²) in [6, 6.07) is 9.80. The van der Waals surface area contributed by atoms with Crippen LogP contribution >= 0.6 is 11.6 Å². The number of aromatic nitrogens is 3. The van der Waals surface area contributed by atoms with E-state index in [1.165, 1.54) is 0 Å². The largest absolute Gasteiger partial charge is 0.221 e. The molecule has 0 saturated heterocycles. The summed E-state index contributed by atoms with van der Waals surface area (Å²) in [6.45, 7) is 0. The van der Waals surface area contributed by atoms with Crippen LogP contribution in [0.2, 0.25) is 0 Å². The highest BCUT2D eigenvalue weighted by atomic mass is 35.5. The lowest BCUT2D eigenvalue weighted by molar-refractivity contribution is 0.858. The first kappa shape index (κ1) is 8.26. The molecule has 0 unspecified atom stereocenters. The Balaban J connectivity index is 2.36. The zero-order chi connectivity index (χ0) is 9.10. The van der Waals surface area contributed by atoms with Gasteiger partial charge < -0.3 is 0 Å². The molecule has 2 rings (SSSR count). The summed E-state index contributed by atoms with van der Waals surface area (Å²) in [4.78, 5) is 4.03. The van der Waals surface area contributed by atoms with Crippen LogP contribution in [-0.4, -0.2) is 14.8 Å². The number of para-hydroxylation sites is 1. The second kappa shape index (κ2) is 3.58. The Morgan fingerprint density at radius 1 is 1.23 bits per heavy atom. The molecule has 0 aliphatic rings. The predicted octanol–water partition coefficient (Wildman–Crippen LogP) is 2.01. The number of nitrogens with zero attached hydrogens (tertiary/aromatic N) is 3. The van der Waals surface area contributed by atoms with Gasteiger partial charge in [0.1, 0.15) is 6.33 Å². The highest BCUT2D eigenvalue weighted by Gasteiger charge is 1.99. The number of alkyl halides is 1. The van der Waals surface area contributed by atoms with Gasteiger partial charge in [-0.15, -0.1) is 11.6 Å². The Labute approximate surface area is 81.0 Å². The first-order chi connectivity index (χ1) is 6.40. The van der Waals surface area contributed by atoms with Crippen molar-refractivity contribution >= 4 is 11.6 Å². The molecule has 0 radical (unpaired) electrons. The van der Waals surface area contributed by atoms with E-state index in [2.05, 4.69) is 10.1 Å². The molecule has 0 spiro atoms. The molecule has 0 aliphatic heterocycles. The molecule has 1 heterocycles. The van der Waals surface area contributed by atoms with Gasteiger partial charge in [0.15, 0.2) is 5.82 Å². The van der Waals surface area contributed by atoms with E-state index in [0.717, 1.165) is 5.69 Å². The fourth-order valence-corrected chi connectivity index (χ4v) is 1.19. The van der Waals surface area contributed by atoms with E-state index >= 15 is 0 Å². The maximum absolute atomic E-state index is 5.59. The molecule has 2 aromatic rings. The van der Waals surface area contributed by atoms with Gasteiger partial charge in [-0.1, -0.05) is 18.2 Å². The van der Waals surface area contributed by atoms with Crippen LogP contribution in [-0.2, 0) is 5.88 Å². The molecule has 0 amide bonds. The number of hydrogen-bond acceptors (Lipinski definition) is 2. The van der Waals surface area contributed by atoms with Gasteiger partial charge in [-0.3, -0.25) is 0 Å². The number of benzene rings is 1. The Morgan fingerprint density at radius 3 is 2.62 bits per heavy atom. The standard InChI is InChI=1S/C9H8ClN3/c10-6-9-11-7-13(12-9)8-4-2-1-3-5-8/h1-5,7H,6H2. The van der Waals surface area contributed by atoms with Crippen LogP contribution in [0.3, 0.4) is 0 Å². The van der Waals surface area contributed by atoms with Crippen LogP contribution in [0.25, 0.3) is 5.69 Å². The third-order valence-electron chi connectivity index (χ3n) is 1.68. The quantitative estimate of drug-likeness (QED) is 0.684. The van der Waals surface area contributed by atoms with Crippen molar-refractivity contribution in [3.63, 3.8) is 0 Å². The predicted molar refractivity (Wildman–Crippen MR) is 50.9 cm³/mol. The van der Waals surface area contributed by atoms with Crippen molar-refractivity contribution in [2.24, 2.45) is 0 Å². The summed E-state index contributed by atoms with van der Waals surface area (Å²) in [5, 5.41) is 4.17. The summed E-state index contributed by atoms with van der Waals surface area (Å²) in [5.41, 5.74) is 0.992. The fourth-order valence-electron chi connectivity index (χ4n) is 1.06. The Hall–Kier alpha value is -1.35. The lowest BCUT2D eigenvalue weighted by Crippen LogP contribution is -1.94. The maximum Gasteiger partial charge on any atom is 0.165 e. The molecule has 13 heavy (non-hydrogen) atoms. The Kier molecular flexibility index (Phi) is 2.27. The van der Waals surface area contributed by atoms with Crippen LogP contribution in [0, 0.1) is 0 Å². The molecule has 3 nitrogen and oxygen atoms in total. The zero-order valence-electron chi connectivity index (χ0n) is 6.89. The lowest BCUT2D eigenvalue weighted by Gasteiger charge is -1.97. The van der Waals surface area contributed by atoms with E-state index < -0.39 is 0 Å². The minimum absolute atomic E-state index is 0.347. The van der Waals surface area contributed by atoms with Gasteiger partial charge in [0.2, 0.25) is 0 Å². The zero-order valence-corrected chi connectivity index (χ0v) is 7.65. The molecule has 1 aromatic heterocycles. The smallest absolute Gasteiger partial charge is 0.165 e. The molecule has 1 aromatic carbocycles. The van der Waals surface area contributed by atoms with Crippen molar-refractivity contribution in [3.05, 3.63) is 42.5 Å². The summed E-state index contributed by atoms with van der Waals surface area (Å²) < 4.78 is 1.71. The SMILES string of the molecule is ClCc1ncn(-c2ccccc2)n1. The molecule has 0 aliphatic carbocycles. The number of rotatable bonds is 2. The fraction of sp³-hybridized carbons (Fsp3) is 0.111. The van der Waals surface area contributed by atoms with Crippen LogP contribution < -0.4 is 0 Å². The van der Waals surface area contributed by atoms with Crippen molar-refractivity contribution in [1.82, 2.24) is 14.8 Å². The maximum atomic E-state index is 5.59. The average molecular weight is 194 g/mol. The third kappa shape index (κ3) is 1.70. The van der Waals surface area contributed by atoms with Crippen LogP contribution in [0.5, 0.6) is 0 Å². The lowest BCUT2D eigenvalue weighted by atomic mass is 10.3. The molecule has 0 bridgehead atoms. The highest BCUT2D eigenvalue weighted by molar-refractivity contribution is 6.16. The summed E-state index contributed by atoms with van der Waals surface area (Å²) in [7, 11) is 0. The monoisotopic (exact) mass is 193 g/mol. The molecular weight excluding hydrogens is 186 g/mol. The summed E-state index contributed by atoms with van der Waals surface area (Å²) in [6.07, 6.45) is 1.66. The topological polar surface area (TPSA) is 30.7 Å². The molecule has 4 heteroatoms.